The van der Waals surface area contributed by atoms with Gasteiger partial charge in [0.05, 0.1) is 16.5 Å². The maximum absolute atomic E-state index is 12.3. The SMILES string of the molecule is O=C(NCc1ccccc1)c1ccc(Cl)c(N2C(=O)CCS2(=O)=O)c1. The molecule has 25 heavy (non-hydrogen) atoms. The molecule has 0 aliphatic carbocycles. The van der Waals surface area contributed by atoms with Crippen molar-refractivity contribution in [3.05, 3.63) is 64.7 Å². The van der Waals surface area contributed by atoms with Gasteiger partial charge in [0.15, 0.2) is 0 Å². The zero-order valence-corrected chi connectivity index (χ0v) is 14.7. The lowest BCUT2D eigenvalue weighted by atomic mass is 10.1. The zero-order valence-electron chi connectivity index (χ0n) is 13.1. The fourth-order valence-corrected chi connectivity index (χ4v) is 4.26. The molecule has 2 amide bonds. The first kappa shape index (κ1) is 17.4. The Balaban J connectivity index is 1.84. The average molecular weight is 379 g/mol. The summed E-state index contributed by atoms with van der Waals surface area (Å²) in [5.74, 6) is -1.19. The van der Waals surface area contributed by atoms with E-state index in [0.29, 0.717) is 10.8 Å². The van der Waals surface area contributed by atoms with Gasteiger partial charge in [-0.1, -0.05) is 41.9 Å². The van der Waals surface area contributed by atoms with Crippen molar-refractivity contribution in [2.45, 2.75) is 13.0 Å². The molecular formula is C17H15ClN2O4S. The number of amides is 2. The maximum Gasteiger partial charge on any atom is 0.251 e. The summed E-state index contributed by atoms with van der Waals surface area (Å²) in [6.07, 6.45) is -0.0942. The minimum atomic E-state index is -3.74. The third-order valence-electron chi connectivity index (χ3n) is 3.80. The summed E-state index contributed by atoms with van der Waals surface area (Å²) in [4.78, 5) is 24.3. The van der Waals surface area contributed by atoms with Crippen molar-refractivity contribution in [2.75, 3.05) is 10.1 Å². The van der Waals surface area contributed by atoms with Crippen LogP contribution < -0.4 is 9.62 Å². The van der Waals surface area contributed by atoms with Crippen LogP contribution in [0.5, 0.6) is 0 Å². The lowest BCUT2D eigenvalue weighted by molar-refractivity contribution is -0.116. The average Bonchev–Trinajstić information content (AvgIpc) is 2.87. The van der Waals surface area contributed by atoms with Gasteiger partial charge in [-0.05, 0) is 23.8 Å². The van der Waals surface area contributed by atoms with Gasteiger partial charge in [-0.2, -0.15) is 0 Å². The summed E-state index contributed by atoms with van der Waals surface area (Å²) in [6, 6.07) is 13.6. The molecule has 0 spiro atoms. The Kier molecular flexibility index (Phi) is 4.78. The van der Waals surface area contributed by atoms with E-state index in [1.807, 2.05) is 30.3 Å². The number of benzene rings is 2. The third-order valence-corrected chi connectivity index (χ3v) is 5.80. The van der Waals surface area contributed by atoms with Crippen molar-refractivity contribution in [1.82, 2.24) is 5.32 Å². The first-order valence-electron chi connectivity index (χ1n) is 7.56. The predicted octanol–water partition coefficient (Wildman–Crippen LogP) is 2.34. The molecule has 2 aromatic rings. The molecule has 0 radical (unpaired) electrons. The van der Waals surface area contributed by atoms with Crippen LogP contribution in [0.3, 0.4) is 0 Å². The molecule has 130 valence electrons. The Morgan fingerprint density at radius 2 is 1.88 bits per heavy atom. The van der Waals surface area contributed by atoms with E-state index in [1.54, 1.807) is 0 Å². The van der Waals surface area contributed by atoms with Crippen molar-refractivity contribution < 1.29 is 18.0 Å². The van der Waals surface area contributed by atoms with Crippen LogP contribution in [-0.2, 0) is 21.4 Å². The third kappa shape index (κ3) is 3.67. The lowest BCUT2D eigenvalue weighted by Gasteiger charge is -2.17. The Morgan fingerprint density at radius 3 is 2.52 bits per heavy atom. The van der Waals surface area contributed by atoms with Crippen molar-refractivity contribution in [1.29, 1.82) is 0 Å². The highest BCUT2D eigenvalue weighted by Gasteiger charge is 2.37. The highest BCUT2D eigenvalue weighted by molar-refractivity contribution is 7.94. The van der Waals surface area contributed by atoms with E-state index in [2.05, 4.69) is 5.32 Å². The summed E-state index contributed by atoms with van der Waals surface area (Å²) in [7, 11) is -3.74. The van der Waals surface area contributed by atoms with Crippen molar-refractivity contribution in [3.63, 3.8) is 0 Å². The van der Waals surface area contributed by atoms with E-state index < -0.39 is 15.9 Å². The normalized spacial score (nSPS) is 16.0. The van der Waals surface area contributed by atoms with Gasteiger partial charge < -0.3 is 5.32 Å². The molecule has 0 atom stereocenters. The monoisotopic (exact) mass is 378 g/mol. The number of nitrogens with one attached hydrogen (secondary N) is 1. The number of nitrogens with zero attached hydrogens (tertiary/aromatic N) is 1. The topological polar surface area (TPSA) is 83.6 Å². The first-order chi connectivity index (χ1) is 11.9. The van der Waals surface area contributed by atoms with Crippen LogP contribution in [0.2, 0.25) is 5.02 Å². The van der Waals surface area contributed by atoms with Gasteiger partial charge in [0, 0.05) is 18.5 Å². The number of sulfonamides is 1. The molecule has 0 saturated carbocycles. The van der Waals surface area contributed by atoms with E-state index in [-0.39, 0.29) is 34.4 Å². The van der Waals surface area contributed by atoms with Gasteiger partial charge in [0.25, 0.3) is 5.91 Å². The summed E-state index contributed by atoms with van der Waals surface area (Å²) in [6.45, 7) is 0.332. The van der Waals surface area contributed by atoms with Crippen LogP contribution in [0.4, 0.5) is 5.69 Å². The Labute approximate surface area is 150 Å². The Morgan fingerprint density at radius 1 is 1.16 bits per heavy atom. The fraction of sp³-hybridized carbons (Fsp3) is 0.176. The quantitative estimate of drug-likeness (QED) is 0.885. The molecule has 1 N–H and O–H groups in total. The fourth-order valence-electron chi connectivity index (χ4n) is 2.54. The second-order valence-electron chi connectivity index (χ2n) is 5.56. The highest BCUT2D eigenvalue weighted by atomic mass is 35.5. The largest absolute Gasteiger partial charge is 0.348 e. The lowest BCUT2D eigenvalue weighted by Crippen LogP contribution is -2.30. The predicted molar refractivity (Wildman–Crippen MR) is 95.0 cm³/mol. The second-order valence-corrected chi connectivity index (χ2v) is 7.90. The smallest absolute Gasteiger partial charge is 0.251 e. The molecule has 1 fully saturated rings. The van der Waals surface area contributed by atoms with E-state index in [9.17, 15) is 18.0 Å². The van der Waals surface area contributed by atoms with E-state index >= 15 is 0 Å². The number of hydrogen-bond donors (Lipinski definition) is 1. The van der Waals surface area contributed by atoms with Gasteiger partial charge in [-0.15, -0.1) is 0 Å². The maximum atomic E-state index is 12.3. The van der Waals surface area contributed by atoms with Gasteiger partial charge in [0.2, 0.25) is 15.9 Å². The van der Waals surface area contributed by atoms with Gasteiger partial charge in [0.1, 0.15) is 0 Å². The molecule has 0 unspecified atom stereocenters. The van der Waals surface area contributed by atoms with Crippen LogP contribution in [-0.4, -0.2) is 26.0 Å². The standard InChI is InChI=1S/C17H15ClN2O4S/c18-14-7-6-13(17(22)19-11-12-4-2-1-3-5-12)10-15(14)20-16(21)8-9-25(20,23)24/h1-7,10H,8-9,11H2,(H,19,22). The van der Waals surface area contributed by atoms with Gasteiger partial charge >= 0.3 is 0 Å². The summed E-state index contributed by atoms with van der Waals surface area (Å²) in [5.41, 5.74) is 1.17. The Bertz CT molecular complexity index is 929. The van der Waals surface area contributed by atoms with Crippen LogP contribution in [0.1, 0.15) is 22.3 Å². The summed E-state index contributed by atoms with van der Waals surface area (Å²) < 4.78 is 24.8. The molecule has 1 aliphatic rings. The van der Waals surface area contributed by atoms with Gasteiger partial charge in [-0.25, -0.2) is 12.7 Å². The number of carbonyl (C=O) groups excluding carboxylic acids is 2. The second kappa shape index (κ2) is 6.85. The van der Waals surface area contributed by atoms with Crippen molar-refractivity contribution >= 4 is 39.1 Å². The van der Waals surface area contributed by atoms with E-state index in [4.69, 9.17) is 11.6 Å². The molecule has 0 aromatic heterocycles. The molecule has 6 nitrogen and oxygen atoms in total. The van der Waals surface area contributed by atoms with Crippen LogP contribution in [0.15, 0.2) is 48.5 Å². The van der Waals surface area contributed by atoms with Crippen molar-refractivity contribution in [3.8, 4) is 0 Å². The summed E-state index contributed by atoms with van der Waals surface area (Å²) in [5, 5.41) is 2.85. The minimum absolute atomic E-state index is 0.0107. The number of hydrogen-bond acceptors (Lipinski definition) is 4. The van der Waals surface area contributed by atoms with Crippen LogP contribution in [0.25, 0.3) is 0 Å². The molecule has 2 aromatic carbocycles. The first-order valence-corrected chi connectivity index (χ1v) is 9.55. The molecule has 3 rings (SSSR count). The number of carbonyl (C=O) groups is 2. The van der Waals surface area contributed by atoms with Gasteiger partial charge in [-0.3, -0.25) is 9.59 Å². The number of halogens is 1. The molecule has 1 heterocycles. The van der Waals surface area contributed by atoms with E-state index in [0.717, 1.165) is 5.56 Å². The number of rotatable bonds is 4. The van der Waals surface area contributed by atoms with E-state index in [1.165, 1.54) is 18.2 Å². The van der Waals surface area contributed by atoms with Crippen molar-refractivity contribution in [2.24, 2.45) is 0 Å². The minimum Gasteiger partial charge on any atom is -0.348 e. The zero-order chi connectivity index (χ0) is 18.0. The van der Waals surface area contributed by atoms with Crippen LogP contribution >= 0.6 is 11.6 Å². The molecular weight excluding hydrogens is 364 g/mol. The molecule has 8 heteroatoms. The number of anilines is 1. The summed E-state index contributed by atoms with van der Waals surface area (Å²) >= 11 is 6.06. The Hall–Kier alpha value is -2.38. The van der Waals surface area contributed by atoms with Crippen LogP contribution in [0, 0.1) is 0 Å². The highest BCUT2D eigenvalue weighted by Crippen LogP contribution is 2.32. The molecule has 0 bridgehead atoms. The molecule has 1 aliphatic heterocycles. The molecule has 1 saturated heterocycles.